The first-order chi connectivity index (χ1) is 33.0. The van der Waals surface area contributed by atoms with Crippen molar-refractivity contribution in [3.63, 3.8) is 0 Å². The number of rotatable bonds is 9. The Morgan fingerprint density at radius 2 is 1.18 bits per heavy atom. The lowest BCUT2D eigenvalue weighted by atomic mass is 9.92. The molecule has 0 radical (unpaired) electrons. The van der Waals surface area contributed by atoms with Gasteiger partial charge in [0.05, 0.1) is 16.8 Å². The van der Waals surface area contributed by atoms with E-state index in [0.29, 0.717) is 46.8 Å². The first-order valence-corrected chi connectivity index (χ1v) is 24.2. The minimum atomic E-state index is -0.554. The predicted octanol–water partition coefficient (Wildman–Crippen LogP) is 10.1. The monoisotopic (exact) mass is 944 g/mol. The van der Waals surface area contributed by atoms with Crippen LogP contribution in [0.15, 0.2) is 146 Å². The lowest BCUT2D eigenvalue weighted by Gasteiger charge is -2.32. The molecule has 0 N–H and O–H groups in total. The van der Waals surface area contributed by atoms with Crippen molar-refractivity contribution in [1.82, 2.24) is 19.6 Å². The maximum atomic E-state index is 14.0. The van der Waals surface area contributed by atoms with E-state index in [1.807, 2.05) is 136 Å². The molecule has 5 aliphatic rings. The SMILES string of the molecule is CN1CCN(C(=O)c2cccc(N(C=O)c3ccccc3C3C[C@H]3c3ccc(Cl)cc3)c2)CC1.CN1CCN(C(=O)c2cccc(N3C(=O)[C@@]4(CC4c4ccc(Cl)cc4)c4ccccc43)c2)CC1. The number of carbonyl (C=O) groups is 4. The number of amides is 4. The fourth-order valence-corrected chi connectivity index (χ4v) is 10.7. The van der Waals surface area contributed by atoms with Crippen LogP contribution in [0.2, 0.25) is 10.0 Å². The van der Waals surface area contributed by atoms with Crippen molar-refractivity contribution in [1.29, 1.82) is 0 Å². The van der Waals surface area contributed by atoms with Gasteiger partial charge in [0.25, 0.3) is 11.8 Å². The molecule has 4 fully saturated rings. The molecule has 2 aliphatic carbocycles. The lowest BCUT2D eigenvalue weighted by molar-refractivity contribution is -0.119. The average Bonchev–Trinajstić information content (AvgIpc) is 4.30. The second-order valence-electron chi connectivity index (χ2n) is 18.8. The smallest absolute Gasteiger partial charge is 0.254 e. The normalized spacial score (nSPS) is 22.0. The molecule has 6 aromatic rings. The number of para-hydroxylation sites is 2. The highest BCUT2D eigenvalue weighted by atomic mass is 35.5. The highest BCUT2D eigenvalue weighted by molar-refractivity contribution is 6.30. The molecule has 1 spiro atoms. The van der Waals surface area contributed by atoms with E-state index in [9.17, 15) is 19.2 Å². The van der Waals surface area contributed by atoms with Crippen LogP contribution < -0.4 is 9.80 Å². The number of piperazine rings is 2. The molecule has 11 rings (SSSR count). The van der Waals surface area contributed by atoms with Crippen molar-refractivity contribution in [2.75, 3.05) is 76.3 Å². The third-order valence-electron chi connectivity index (χ3n) is 14.5. The summed E-state index contributed by atoms with van der Waals surface area (Å²) in [7, 11) is 4.14. The van der Waals surface area contributed by atoms with Gasteiger partial charge in [-0.25, -0.2) is 0 Å². The summed E-state index contributed by atoms with van der Waals surface area (Å²) in [6, 6.07) is 46.9. The van der Waals surface area contributed by atoms with E-state index in [1.54, 1.807) is 4.90 Å². The van der Waals surface area contributed by atoms with Crippen LogP contribution in [0.25, 0.3) is 0 Å². The fourth-order valence-electron chi connectivity index (χ4n) is 10.5. The zero-order valence-corrected chi connectivity index (χ0v) is 39.8. The van der Waals surface area contributed by atoms with Crippen LogP contribution in [0.4, 0.5) is 22.7 Å². The number of benzene rings is 6. The Morgan fingerprint density at radius 3 is 1.81 bits per heavy atom. The van der Waals surface area contributed by atoms with Gasteiger partial charge in [0.2, 0.25) is 12.3 Å². The number of hydrogen-bond acceptors (Lipinski definition) is 6. The number of likely N-dealkylation sites (N-methyl/N-ethyl adjacent to an activating group) is 2. The molecule has 3 aliphatic heterocycles. The molecule has 346 valence electrons. The number of fused-ring (bicyclic) bond motifs is 2. The highest BCUT2D eigenvalue weighted by Gasteiger charge is 2.67. The first-order valence-electron chi connectivity index (χ1n) is 23.5. The molecule has 10 nitrogen and oxygen atoms in total. The van der Waals surface area contributed by atoms with Crippen LogP contribution in [-0.2, 0) is 15.0 Å². The van der Waals surface area contributed by atoms with Gasteiger partial charge in [-0.05, 0) is 134 Å². The van der Waals surface area contributed by atoms with Gasteiger partial charge in [-0.15, -0.1) is 0 Å². The maximum Gasteiger partial charge on any atom is 0.254 e. The quantitative estimate of drug-likeness (QED) is 0.134. The van der Waals surface area contributed by atoms with Gasteiger partial charge in [0.15, 0.2) is 0 Å². The molecule has 2 saturated heterocycles. The highest BCUT2D eigenvalue weighted by Crippen LogP contribution is 2.67. The molecule has 6 aromatic carbocycles. The zero-order chi connectivity index (χ0) is 47.1. The van der Waals surface area contributed by atoms with Crippen LogP contribution in [0.5, 0.6) is 0 Å². The Hall–Kier alpha value is -6.30. The van der Waals surface area contributed by atoms with Crippen LogP contribution in [-0.4, -0.2) is 110 Å². The van der Waals surface area contributed by atoms with Crippen molar-refractivity contribution >= 4 is 70.1 Å². The van der Waals surface area contributed by atoms with Crippen molar-refractivity contribution in [2.45, 2.75) is 36.0 Å². The fraction of sp³-hybridized carbons (Fsp3) is 0.286. The van der Waals surface area contributed by atoms with Gasteiger partial charge >= 0.3 is 0 Å². The Kier molecular flexibility index (Phi) is 12.7. The van der Waals surface area contributed by atoms with E-state index in [4.69, 9.17) is 23.2 Å². The Labute approximate surface area is 408 Å². The standard InChI is InChI=1S/C28H26ClN3O2.C28H28ClN3O2/c1-30-13-15-31(16-14-30)26(33)20-5-4-6-22(17-20)32-25-8-3-2-7-23(25)28(27(32)34)18-24(28)19-9-11-21(29)12-10-19;1-30-13-15-31(16-14-30)28(34)21-5-4-6-23(17-21)32(19-33)27-8-3-2-7-24(27)26-18-25(26)20-9-11-22(29)12-10-20/h2-12,17,24H,13-16,18H2,1H3;2-12,17,19,25-26H,13-16,18H2,1H3/t24?,28-;25-,26?/m00/s1. The number of carbonyl (C=O) groups excluding carboxylic acids is 4. The van der Waals surface area contributed by atoms with Crippen LogP contribution >= 0.6 is 23.2 Å². The van der Waals surface area contributed by atoms with E-state index in [-0.39, 0.29) is 23.6 Å². The summed E-state index contributed by atoms with van der Waals surface area (Å²) in [5.41, 5.74) is 8.51. The van der Waals surface area contributed by atoms with Crippen molar-refractivity contribution in [3.05, 3.63) is 189 Å². The van der Waals surface area contributed by atoms with Crippen molar-refractivity contribution in [2.24, 2.45) is 0 Å². The molecular weight excluding hydrogens is 892 g/mol. The van der Waals surface area contributed by atoms with Gasteiger partial charge in [-0.1, -0.05) is 96.0 Å². The average molecular weight is 946 g/mol. The molecule has 12 heteroatoms. The van der Waals surface area contributed by atoms with Crippen LogP contribution in [0, 0.1) is 0 Å². The molecular formula is C56H54Cl2N6O4. The topological polar surface area (TPSA) is 87.7 Å². The van der Waals surface area contributed by atoms with E-state index in [0.717, 1.165) is 97.3 Å². The first kappa shape index (κ1) is 45.5. The summed E-state index contributed by atoms with van der Waals surface area (Å²) in [4.78, 5) is 64.4. The molecule has 4 atom stereocenters. The third kappa shape index (κ3) is 8.82. The second-order valence-corrected chi connectivity index (χ2v) is 19.6. The Balaban J connectivity index is 0.000000159. The van der Waals surface area contributed by atoms with E-state index in [1.165, 1.54) is 5.56 Å². The van der Waals surface area contributed by atoms with Crippen LogP contribution in [0.3, 0.4) is 0 Å². The minimum absolute atomic E-state index is 0.0130. The van der Waals surface area contributed by atoms with E-state index in [2.05, 4.69) is 48.2 Å². The largest absolute Gasteiger partial charge is 0.336 e. The molecule has 4 amide bonds. The van der Waals surface area contributed by atoms with E-state index < -0.39 is 5.41 Å². The number of hydrogen-bond donors (Lipinski definition) is 0. The predicted molar refractivity (Wildman–Crippen MR) is 270 cm³/mol. The van der Waals surface area contributed by atoms with Crippen LogP contribution in [0.1, 0.15) is 73.6 Å². The molecule has 2 unspecified atom stereocenters. The summed E-state index contributed by atoms with van der Waals surface area (Å²) in [5.74, 6) is 0.998. The number of halogens is 2. The van der Waals surface area contributed by atoms with Crippen molar-refractivity contribution in [3.8, 4) is 0 Å². The van der Waals surface area contributed by atoms with Gasteiger partial charge in [-0.3, -0.25) is 29.0 Å². The van der Waals surface area contributed by atoms with E-state index >= 15 is 0 Å². The summed E-state index contributed by atoms with van der Waals surface area (Å²) < 4.78 is 0. The molecule has 0 bridgehead atoms. The summed E-state index contributed by atoms with van der Waals surface area (Å²) in [6.45, 7) is 6.36. The molecule has 68 heavy (non-hydrogen) atoms. The second kappa shape index (κ2) is 19.0. The number of nitrogens with zero attached hydrogens (tertiary/aromatic N) is 6. The summed E-state index contributed by atoms with van der Waals surface area (Å²) in [5, 5.41) is 1.43. The molecule has 0 aromatic heterocycles. The molecule has 3 heterocycles. The van der Waals surface area contributed by atoms with Gasteiger partial charge in [-0.2, -0.15) is 0 Å². The number of anilines is 4. The summed E-state index contributed by atoms with van der Waals surface area (Å²) in [6.07, 6.45) is 2.66. The minimum Gasteiger partial charge on any atom is -0.336 e. The Bertz CT molecular complexity index is 2850. The van der Waals surface area contributed by atoms with Gasteiger partial charge in [0, 0.05) is 90.8 Å². The van der Waals surface area contributed by atoms with Crippen molar-refractivity contribution < 1.29 is 19.2 Å². The maximum absolute atomic E-state index is 14.0. The zero-order valence-electron chi connectivity index (χ0n) is 38.3. The molecule has 2 saturated carbocycles. The third-order valence-corrected chi connectivity index (χ3v) is 15.0. The summed E-state index contributed by atoms with van der Waals surface area (Å²) >= 11 is 12.2. The van der Waals surface area contributed by atoms with Gasteiger partial charge < -0.3 is 19.6 Å². The lowest BCUT2D eigenvalue weighted by Crippen LogP contribution is -2.47. The van der Waals surface area contributed by atoms with Gasteiger partial charge in [0.1, 0.15) is 0 Å². The Morgan fingerprint density at radius 1 is 0.618 bits per heavy atom.